The van der Waals surface area contributed by atoms with Crippen molar-refractivity contribution >= 4 is 23.2 Å². The van der Waals surface area contributed by atoms with Crippen molar-refractivity contribution in [3.05, 3.63) is 71.1 Å². The number of imidazole rings is 1. The van der Waals surface area contributed by atoms with Gasteiger partial charge in [-0.1, -0.05) is 35.9 Å². The number of carbonyl (C=O) groups is 1. The lowest BCUT2D eigenvalue weighted by Crippen LogP contribution is -2.53. The topological polar surface area (TPSA) is 64.9 Å². The van der Waals surface area contributed by atoms with Gasteiger partial charge in [-0.2, -0.15) is 0 Å². The molecule has 0 bridgehead atoms. The predicted octanol–water partition coefficient (Wildman–Crippen LogP) is 2.24. The molecular weight excluding hydrogens is 400 g/mol. The average molecular weight is 425 g/mol. The van der Waals surface area contributed by atoms with Crippen LogP contribution in [0, 0.1) is 0 Å². The molecular formula is C22H25ClN6O. The fourth-order valence-corrected chi connectivity index (χ4v) is 4.59. The Balaban J connectivity index is 1.15. The molecule has 8 heteroatoms. The zero-order valence-corrected chi connectivity index (χ0v) is 17.4. The third-order valence-electron chi connectivity index (χ3n) is 5.97. The molecule has 0 spiro atoms. The number of nitrogens with zero attached hydrogens (tertiary/aromatic N) is 4. The number of halogens is 1. The van der Waals surface area contributed by atoms with E-state index >= 15 is 0 Å². The Kier molecular flexibility index (Phi) is 5.43. The first-order chi connectivity index (χ1) is 14.7. The van der Waals surface area contributed by atoms with Crippen LogP contribution in [0.4, 0.5) is 0 Å². The van der Waals surface area contributed by atoms with Gasteiger partial charge in [-0.05, 0) is 30.2 Å². The third-order valence-corrected chi connectivity index (χ3v) is 6.31. The lowest BCUT2D eigenvalue weighted by Gasteiger charge is -2.35. The summed E-state index contributed by atoms with van der Waals surface area (Å²) in [4.78, 5) is 22.0. The van der Waals surface area contributed by atoms with Crippen LogP contribution in [0.15, 0.2) is 54.9 Å². The highest BCUT2D eigenvalue weighted by atomic mass is 35.5. The van der Waals surface area contributed by atoms with Gasteiger partial charge >= 0.3 is 0 Å². The number of benzene rings is 1. The minimum atomic E-state index is -0.226. The van der Waals surface area contributed by atoms with Gasteiger partial charge in [0.25, 0.3) is 0 Å². The van der Waals surface area contributed by atoms with Gasteiger partial charge in [0.2, 0.25) is 5.91 Å². The Morgan fingerprint density at radius 1 is 1.07 bits per heavy atom. The number of pyridine rings is 1. The lowest BCUT2D eigenvalue weighted by atomic mass is 10.0. The molecule has 2 aliphatic heterocycles. The van der Waals surface area contributed by atoms with Gasteiger partial charge in [0.15, 0.2) is 0 Å². The minimum absolute atomic E-state index is 0.0454. The number of hydrogen-bond donors (Lipinski definition) is 2. The van der Waals surface area contributed by atoms with Crippen molar-refractivity contribution < 1.29 is 4.79 Å². The second-order valence-electron chi connectivity index (χ2n) is 7.95. The van der Waals surface area contributed by atoms with Crippen LogP contribution in [0.25, 0.3) is 5.65 Å². The first-order valence-corrected chi connectivity index (χ1v) is 10.7. The fraction of sp³-hybridized carbons (Fsp3) is 0.364. The standard InChI is InChI=1S/C22H25ClN6O/c23-18-6-2-1-5-17(18)19-13-20(26-25-19)22(30)28-11-9-27(10-12-28)14-16-15-29-8-4-3-7-21(29)24-16/h1-8,15,19-20,25-26H,9-14H2. The van der Waals surface area contributed by atoms with Crippen molar-refractivity contribution in [3.8, 4) is 0 Å². The van der Waals surface area contributed by atoms with Gasteiger partial charge in [-0.15, -0.1) is 0 Å². The summed E-state index contributed by atoms with van der Waals surface area (Å²) in [5.74, 6) is 0.157. The maximum Gasteiger partial charge on any atom is 0.241 e. The molecule has 2 atom stereocenters. The van der Waals surface area contributed by atoms with Crippen molar-refractivity contribution in [1.29, 1.82) is 0 Å². The van der Waals surface area contributed by atoms with E-state index in [4.69, 9.17) is 11.6 Å². The van der Waals surface area contributed by atoms with Gasteiger partial charge < -0.3 is 9.30 Å². The first-order valence-electron chi connectivity index (χ1n) is 10.4. The normalized spacial score (nSPS) is 22.6. The summed E-state index contributed by atoms with van der Waals surface area (Å²) in [5, 5.41) is 0.727. The molecule has 3 aromatic rings. The fourth-order valence-electron chi connectivity index (χ4n) is 4.32. The summed E-state index contributed by atoms with van der Waals surface area (Å²) in [7, 11) is 0. The number of amides is 1. The number of carbonyl (C=O) groups excluding carboxylic acids is 1. The van der Waals surface area contributed by atoms with Crippen LogP contribution in [0.3, 0.4) is 0 Å². The van der Waals surface area contributed by atoms with Crippen molar-refractivity contribution in [1.82, 2.24) is 30.0 Å². The summed E-state index contributed by atoms with van der Waals surface area (Å²) in [5.41, 5.74) is 9.46. The molecule has 30 heavy (non-hydrogen) atoms. The zero-order valence-electron chi connectivity index (χ0n) is 16.7. The molecule has 1 aromatic carbocycles. The number of rotatable bonds is 4. The van der Waals surface area contributed by atoms with Crippen molar-refractivity contribution in [2.45, 2.75) is 25.0 Å². The molecule has 2 N–H and O–H groups in total. The predicted molar refractivity (Wildman–Crippen MR) is 116 cm³/mol. The Morgan fingerprint density at radius 2 is 1.87 bits per heavy atom. The zero-order chi connectivity index (χ0) is 20.5. The summed E-state index contributed by atoms with van der Waals surface area (Å²) in [6, 6.07) is 13.6. The Morgan fingerprint density at radius 3 is 2.67 bits per heavy atom. The molecule has 2 aliphatic rings. The molecule has 0 aliphatic carbocycles. The number of hydrogen-bond acceptors (Lipinski definition) is 5. The van der Waals surface area contributed by atoms with Crippen LogP contribution in [0.2, 0.25) is 5.02 Å². The second kappa shape index (κ2) is 8.35. The number of piperazine rings is 1. The minimum Gasteiger partial charge on any atom is -0.339 e. The molecule has 2 saturated heterocycles. The van der Waals surface area contributed by atoms with Crippen LogP contribution in [0.1, 0.15) is 23.7 Å². The van der Waals surface area contributed by atoms with Crippen LogP contribution >= 0.6 is 11.6 Å². The lowest BCUT2D eigenvalue weighted by molar-refractivity contribution is -0.135. The number of nitrogens with one attached hydrogen (secondary N) is 2. The van der Waals surface area contributed by atoms with Crippen LogP contribution in [-0.4, -0.2) is 57.3 Å². The van der Waals surface area contributed by atoms with Gasteiger partial charge in [0, 0.05) is 56.2 Å². The van der Waals surface area contributed by atoms with E-state index in [1.165, 1.54) is 0 Å². The Bertz CT molecular complexity index is 1010. The van der Waals surface area contributed by atoms with E-state index in [-0.39, 0.29) is 18.0 Å². The van der Waals surface area contributed by atoms with Gasteiger partial charge in [0.05, 0.1) is 5.69 Å². The van der Waals surface area contributed by atoms with Crippen LogP contribution in [-0.2, 0) is 11.3 Å². The summed E-state index contributed by atoms with van der Waals surface area (Å²) >= 11 is 6.31. The van der Waals surface area contributed by atoms with E-state index in [0.29, 0.717) is 6.42 Å². The molecule has 2 unspecified atom stereocenters. The highest BCUT2D eigenvalue weighted by Gasteiger charge is 2.34. The average Bonchev–Trinajstić information content (AvgIpc) is 3.41. The maximum atomic E-state index is 13.0. The molecule has 0 radical (unpaired) electrons. The number of hydrazine groups is 1. The molecule has 0 saturated carbocycles. The first kappa shape index (κ1) is 19.5. The van der Waals surface area contributed by atoms with E-state index in [0.717, 1.165) is 54.7 Å². The van der Waals surface area contributed by atoms with Gasteiger partial charge in [-0.3, -0.25) is 9.69 Å². The van der Waals surface area contributed by atoms with E-state index in [9.17, 15) is 4.79 Å². The van der Waals surface area contributed by atoms with Crippen LogP contribution < -0.4 is 10.9 Å². The van der Waals surface area contributed by atoms with Crippen LogP contribution in [0.5, 0.6) is 0 Å². The molecule has 2 fully saturated rings. The maximum absolute atomic E-state index is 13.0. The smallest absolute Gasteiger partial charge is 0.241 e. The molecule has 2 aromatic heterocycles. The van der Waals surface area contributed by atoms with Crippen molar-refractivity contribution in [2.24, 2.45) is 0 Å². The monoisotopic (exact) mass is 424 g/mol. The number of fused-ring (bicyclic) bond motifs is 1. The van der Waals surface area contributed by atoms with Gasteiger partial charge in [-0.25, -0.2) is 15.8 Å². The van der Waals surface area contributed by atoms with Crippen molar-refractivity contribution in [3.63, 3.8) is 0 Å². The summed E-state index contributed by atoms with van der Waals surface area (Å²) < 4.78 is 2.04. The molecule has 4 heterocycles. The Labute approximate surface area is 180 Å². The van der Waals surface area contributed by atoms with Gasteiger partial charge in [0.1, 0.15) is 11.7 Å². The molecule has 1 amide bonds. The summed E-state index contributed by atoms with van der Waals surface area (Å²) in [6.45, 7) is 3.99. The van der Waals surface area contributed by atoms with E-state index in [2.05, 4.69) is 26.9 Å². The van der Waals surface area contributed by atoms with E-state index < -0.39 is 0 Å². The van der Waals surface area contributed by atoms with E-state index in [1.807, 2.05) is 58.0 Å². The summed E-state index contributed by atoms with van der Waals surface area (Å²) in [6.07, 6.45) is 4.79. The van der Waals surface area contributed by atoms with Crippen molar-refractivity contribution in [2.75, 3.05) is 26.2 Å². The highest BCUT2D eigenvalue weighted by molar-refractivity contribution is 6.31. The van der Waals surface area contributed by atoms with E-state index in [1.54, 1.807) is 0 Å². The highest BCUT2D eigenvalue weighted by Crippen LogP contribution is 2.28. The molecule has 156 valence electrons. The largest absolute Gasteiger partial charge is 0.339 e. The Hall–Kier alpha value is -2.45. The molecule has 7 nitrogen and oxygen atoms in total. The number of aromatic nitrogens is 2. The third kappa shape index (κ3) is 3.94. The molecule has 5 rings (SSSR count). The quantitative estimate of drug-likeness (QED) is 0.672. The SMILES string of the molecule is O=C(C1CC(c2ccccc2Cl)NN1)N1CCN(Cc2cn3ccccc3n2)CC1. The second-order valence-corrected chi connectivity index (χ2v) is 8.36.